The lowest BCUT2D eigenvalue weighted by Crippen LogP contribution is -2.32. The molecule has 108 valence electrons. The number of hydrogen-bond donors (Lipinski definition) is 2. The fourth-order valence-corrected chi connectivity index (χ4v) is 1.70. The number of ether oxygens (including phenoxy) is 2. The number of nitrogens with one attached hydrogen (secondary N) is 1. The quantitative estimate of drug-likeness (QED) is 0.590. The summed E-state index contributed by atoms with van der Waals surface area (Å²) in [6.07, 6.45) is 3.75. The van der Waals surface area contributed by atoms with Crippen LogP contribution >= 0.6 is 0 Å². The maximum atomic E-state index is 9.67. The second-order valence-corrected chi connectivity index (χ2v) is 4.97. The summed E-state index contributed by atoms with van der Waals surface area (Å²) in [5.41, 5.74) is 0. The molecule has 0 aromatic carbocycles. The molecule has 1 heterocycles. The summed E-state index contributed by atoms with van der Waals surface area (Å²) < 4.78 is 16.0. The molecular formula is C14H23NO4. The van der Waals surface area contributed by atoms with E-state index in [1.165, 1.54) is 12.8 Å². The molecule has 1 saturated carbocycles. The van der Waals surface area contributed by atoms with Gasteiger partial charge in [-0.15, -0.1) is 0 Å². The molecule has 0 amide bonds. The van der Waals surface area contributed by atoms with Gasteiger partial charge in [0.25, 0.3) is 0 Å². The van der Waals surface area contributed by atoms with Crippen LogP contribution in [0.2, 0.25) is 0 Å². The second-order valence-electron chi connectivity index (χ2n) is 4.97. The van der Waals surface area contributed by atoms with Crippen LogP contribution in [0.3, 0.4) is 0 Å². The van der Waals surface area contributed by atoms with Gasteiger partial charge < -0.3 is 24.3 Å². The molecule has 2 rings (SSSR count). The van der Waals surface area contributed by atoms with Crippen molar-refractivity contribution in [2.75, 3.05) is 32.9 Å². The lowest BCUT2D eigenvalue weighted by molar-refractivity contribution is 0.0217. The highest BCUT2D eigenvalue weighted by Crippen LogP contribution is 2.28. The minimum atomic E-state index is -0.501. The van der Waals surface area contributed by atoms with E-state index < -0.39 is 6.10 Å². The maximum Gasteiger partial charge on any atom is 0.129 e. The first-order chi connectivity index (χ1) is 9.34. The first-order valence-electron chi connectivity index (χ1n) is 6.91. The van der Waals surface area contributed by atoms with Crippen molar-refractivity contribution in [1.29, 1.82) is 0 Å². The van der Waals surface area contributed by atoms with E-state index in [4.69, 9.17) is 13.9 Å². The van der Waals surface area contributed by atoms with Gasteiger partial charge in [0, 0.05) is 19.7 Å². The van der Waals surface area contributed by atoms with Crippen LogP contribution in [0.5, 0.6) is 0 Å². The van der Waals surface area contributed by atoms with Crippen LogP contribution in [-0.4, -0.2) is 44.1 Å². The van der Waals surface area contributed by atoms with Gasteiger partial charge in [0.1, 0.15) is 12.4 Å². The fourth-order valence-electron chi connectivity index (χ4n) is 1.70. The molecule has 1 fully saturated rings. The summed E-state index contributed by atoms with van der Waals surface area (Å²) in [5, 5.41) is 12.8. The largest absolute Gasteiger partial charge is 0.467 e. The van der Waals surface area contributed by atoms with Crippen LogP contribution in [-0.2, 0) is 16.1 Å². The zero-order chi connectivity index (χ0) is 13.3. The SMILES string of the molecule is OC(CNCCOCC1CC1)COCc1ccco1. The average molecular weight is 269 g/mol. The molecule has 1 aliphatic carbocycles. The van der Waals surface area contributed by atoms with Crippen molar-refractivity contribution in [2.45, 2.75) is 25.6 Å². The maximum absolute atomic E-state index is 9.67. The summed E-state index contributed by atoms with van der Waals surface area (Å²) in [6.45, 7) is 3.57. The highest BCUT2D eigenvalue weighted by atomic mass is 16.5. The van der Waals surface area contributed by atoms with E-state index in [1.807, 2.05) is 12.1 Å². The predicted octanol–water partition coefficient (Wildman–Crippen LogP) is 1.17. The normalized spacial score (nSPS) is 16.7. The summed E-state index contributed by atoms with van der Waals surface area (Å²) in [4.78, 5) is 0. The third kappa shape index (κ3) is 6.73. The van der Waals surface area contributed by atoms with E-state index >= 15 is 0 Å². The number of furan rings is 1. The van der Waals surface area contributed by atoms with Crippen LogP contribution in [0.25, 0.3) is 0 Å². The van der Waals surface area contributed by atoms with Gasteiger partial charge in [-0.25, -0.2) is 0 Å². The van der Waals surface area contributed by atoms with Crippen LogP contribution in [0.1, 0.15) is 18.6 Å². The Morgan fingerprint density at radius 3 is 3.05 bits per heavy atom. The third-order valence-electron chi connectivity index (χ3n) is 2.99. The van der Waals surface area contributed by atoms with Gasteiger partial charge in [-0.3, -0.25) is 0 Å². The van der Waals surface area contributed by atoms with Gasteiger partial charge in [-0.2, -0.15) is 0 Å². The molecule has 1 atom stereocenters. The zero-order valence-electron chi connectivity index (χ0n) is 11.2. The number of aliphatic hydroxyl groups excluding tert-OH is 1. The van der Waals surface area contributed by atoms with Gasteiger partial charge in [0.2, 0.25) is 0 Å². The first kappa shape index (κ1) is 14.5. The van der Waals surface area contributed by atoms with E-state index in [0.29, 0.717) is 26.4 Å². The van der Waals surface area contributed by atoms with Crippen LogP contribution in [0, 0.1) is 5.92 Å². The fraction of sp³-hybridized carbons (Fsp3) is 0.714. The molecule has 0 spiro atoms. The molecule has 0 radical (unpaired) electrons. The summed E-state index contributed by atoms with van der Waals surface area (Å²) in [6, 6.07) is 3.67. The minimum absolute atomic E-state index is 0.302. The average Bonchev–Trinajstić information content (AvgIpc) is 3.08. The van der Waals surface area contributed by atoms with E-state index in [1.54, 1.807) is 6.26 Å². The molecule has 1 unspecified atom stereocenters. The predicted molar refractivity (Wildman–Crippen MR) is 70.8 cm³/mol. The third-order valence-corrected chi connectivity index (χ3v) is 2.99. The van der Waals surface area contributed by atoms with E-state index in [2.05, 4.69) is 5.32 Å². The van der Waals surface area contributed by atoms with Gasteiger partial charge in [-0.1, -0.05) is 0 Å². The van der Waals surface area contributed by atoms with Crippen LogP contribution in [0.4, 0.5) is 0 Å². The topological polar surface area (TPSA) is 63.9 Å². The van der Waals surface area contributed by atoms with Gasteiger partial charge in [0.15, 0.2) is 0 Å². The lowest BCUT2D eigenvalue weighted by Gasteiger charge is -2.12. The molecule has 19 heavy (non-hydrogen) atoms. The Bertz CT molecular complexity index is 324. The Kier molecular flexibility index (Phi) is 6.36. The van der Waals surface area contributed by atoms with Crippen molar-refractivity contribution >= 4 is 0 Å². The van der Waals surface area contributed by atoms with Crippen molar-refractivity contribution in [3.05, 3.63) is 24.2 Å². The molecule has 1 aromatic heterocycles. The van der Waals surface area contributed by atoms with Crippen LogP contribution in [0.15, 0.2) is 22.8 Å². The zero-order valence-corrected chi connectivity index (χ0v) is 11.2. The Balaban J connectivity index is 1.37. The van der Waals surface area contributed by atoms with Crippen molar-refractivity contribution in [2.24, 2.45) is 5.92 Å². The highest BCUT2D eigenvalue weighted by Gasteiger charge is 2.20. The summed E-state index contributed by atoms with van der Waals surface area (Å²) >= 11 is 0. The Hall–Kier alpha value is -0.880. The Labute approximate surface area is 113 Å². The van der Waals surface area contributed by atoms with Gasteiger partial charge >= 0.3 is 0 Å². The highest BCUT2D eigenvalue weighted by molar-refractivity contribution is 4.96. The Morgan fingerprint density at radius 2 is 2.32 bits per heavy atom. The van der Waals surface area contributed by atoms with Crippen molar-refractivity contribution in [3.63, 3.8) is 0 Å². The van der Waals surface area contributed by atoms with Crippen molar-refractivity contribution < 1.29 is 19.0 Å². The van der Waals surface area contributed by atoms with E-state index in [0.717, 1.165) is 24.8 Å². The molecule has 0 bridgehead atoms. The molecular weight excluding hydrogens is 246 g/mol. The van der Waals surface area contributed by atoms with Crippen molar-refractivity contribution in [1.82, 2.24) is 5.32 Å². The molecule has 5 heteroatoms. The molecule has 0 aliphatic heterocycles. The number of rotatable bonds is 11. The van der Waals surface area contributed by atoms with Gasteiger partial charge in [0.05, 0.1) is 25.6 Å². The van der Waals surface area contributed by atoms with Crippen LogP contribution < -0.4 is 5.32 Å². The summed E-state index contributed by atoms with van der Waals surface area (Å²) in [5.74, 6) is 1.58. The molecule has 5 nitrogen and oxygen atoms in total. The summed E-state index contributed by atoms with van der Waals surface area (Å²) in [7, 11) is 0. The molecule has 0 saturated heterocycles. The minimum Gasteiger partial charge on any atom is -0.467 e. The van der Waals surface area contributed by atoms with E-state index in [-0.39, 0.29) is 0 Å². The standard InChI is InChI=1S/C14H23NO4/c16-13(10-18-11-14-2-1-6-19-14)8-15-5-7-17-9-12-3-4-12/h1-2,6,12-13,15-16H,3-5,7-11H2. The monoisotopic (exact) mass is 269 g/mol. The Morgan fingerprint density at radius 1 is 1.42 bits per heavy atom. The molecule has 1 aromatic rings. The number of aliphatic hydroxyl groups is 1. The van der Waals surface area contributed by atoms with E-state index in [9.17, 15) is 5.11 Å². The van der Waals surface area contributed by atoms with Crippen molar-refractivity contribution in [3.8, 4) is 0 Å². The lowest BCUT2D eigenvalue weighted by atomic mass is 10.3. The number of hydrogen-bond acceptors (Lipinski definition) is 5. The first-order valence-corrected chi connectivity index (χ1v) is 6.91. The molecule has 2 N–H and O–H groups in total. The smallest absolute Gasteiger partial charge is 0.129 e. The molecule has 1 aliphatic rings. The second kappa shape index (κ2) is 8.32. The van der Waals surface area contributed by atoms with Gasteiger partial charge in [-0.05, 0) is 30.9 Å².